The summed E-state index contributed by atoms with van der Waals surface area (Å²) in [5, 5.41) is 2.59. The van der Waals surface area contributed by atoms with E-state index < -0.39 is 10.2 Å². The van der Waals surface area contributed by atoms with E-state index in [1.165, 1.54) is 7.05 Å². The molecule has 0 radical (unpaired) electrons. The van der Waals surface area contributed by atoms with Gasteiger partial charge in [-0.05, 0) is 43.9 Å². The van der Waals surface area contributed by atoms with Crippen LogP contribution in [0.2, 0.25) is 0 Å². The van der Waals surface area contributed by atoms with E-state index in [9.17, 15) is 22.8 Å². The van der Waals surface area contributed by atoms with Gasteiger partial charge in [0.1, 0.15) is 0 Å². The zero-order valence-corrected chi connectivity index (χ0v) is 18.9. The first-order valence-corrected chi connectivity index (χ1v) is 12.1. The average Bonchev–Trinajstić information content (AvgIpc) is 2.75. The largest absolute Gasteiger partial charge is 0.359 e. The van der Waals surface area contributed by atoms with Gasteiger partial charge in [-0.1, -0.05) is 0 Å². The molecule has 3 amide bonds. The Hall–Kier alpha value is -1.72. The minimum Gasteiger partial charge on any atom is -0.359 e. The van der Waals surface area contributed by atoms with Crippen molar-refractivity contribution in [1.82, 2.24) is 24.6 Å². The van der Waals surface area contributed by atoms with Crippen LogP contribution in [0.5, 0.6) is 0 Å². The molecule has 10 nitrogen and oxygen atoms in total. The zero-order valence-electron chi connectivity index (χ0n) is 18.0. The van der Waals surface area contributed by atoms with Crippen molar-refractivity contribution in [2.75, 3.05) is 46.8 Å². The van der Waals surface area contributed by atoms with Crippen molar-refractivity contribution in [2.24, 2.45) is 5.41 Å². The Morgan fingerprint density at radius 1 is 0.900 bits per heavy atom. The summed E-state index contributed by atoms with van der Waals surface area (Å²) in [6, 6.07) is 0. The minimum atomic E-state index is -3.63. The summed E-state index contributed by atoms with van der Waals surface area (Å²) in [5.41, 5.74) is 0.0390. The highest BCUT2D eigenvalue weighted by Gasteiger charge is 2.40. The summed E-state index contributed by atoms with van der Waals surface area (Å²) >= 11 is 0. The summed E-state index contributed by atoms with van der Waals surface area (Å²) in [7, 11) is -0.728. The second-order valence-corrected chi connectivity index (χ2v) is 9.91. The minimum absolute atomic E-state index is 0.000521. The van der Waals surface area contributed by atoms with E-state index in [1.807, 2.05) is 4.90 Å². The molecule has 3 N–H and O–H groups in total. The van der Waals surface area contributed by atoms with Gasteiger partial charge in [-0.25, -0.2) is 4.72 Å². The van der Waals surface area contributed by atoms with Gasteiger partial charge in [0.25, 0.3) is 10.2 Å². The number of nitrogens with one attached hydrogen (secondary N) is 3. The quantitative estimate of drug-likeness (QED) is 0.415. The molecule has 0 aromatic rings. The lowest BCUT2D eigenvalue weighted by Gasteiger charge is -2.47. The molecule has 0 bridgehead atoms. The number of likely N-dealkylation sites (tertiary alicyclic amines) is 2. The Bertz CT molecular complexity index is 719. The fourth-order valence-corrected chi connectivity index (χ4v) is 4.70. The van der Waals surface area contributed by atoms with Crippen molar-refractivity contribution < 1.29 is 22.8 Å². The lowest BCUT2D eigenvalue weighted by atomic mass is 9.72. The van der Waals surface area contributed by atoms with E-state index in [0.29, 0.717) is 38.8 Å². The molecule has 0 aromatic heterocycles. The fourth-order valence-electron chi connectivity index (χ4n) is 4.24. The van der Waals surface area contributed by atoms with E-state index in [1.54, 1.807) is 11.9 Å². The molecule has 0 aromatic carbocycles. The number of unbranched alkanes of at least 4 members (excludes halogenated alkanes) is 1. The molecule has 2 rings (SSSR count). The third-order valence-electron chi connectivity index (χ3n) is 6.20. The second kappa shape index (κ2) is 11.1. The maximum absolute atomic E-state index is 12.6. The van der Waals surface area contributed by atoms with Crippen LogP contribution in [0.3, 0.4) is 0 Å². The first-order valence-electron chi connectivity index (χ1n) is 10.6. The smallest absolute Gasteiger partial charge is 0.277 e. The SMILES string of the molecule is CNC(=O)CCCCC(=O)N1CCCC2(CCN(C(=O)CNS(=O)(=O)NC)CC2)C1. The Morgan fingerprint density at radius 2 is 1.57 bits per heavy atom. The predicted molar refractivity (Wildman–Crippen MR) is 113 cm³/mol. The Kier molecular flexibility index (Phi) is 9.05. The monoisotopic (exact) mass is 445 g/mol. The lowest BCUT2D eigenvalue weighted by molar-refractivity contribution is -0.139. The maximum atomic E-state index is 12.6. The molecule has 30 heavy (non-hydrogen) atoms. The molecule has 0 aliphatic carbocycles. The van der Waals surface area contributed by atoms with Crippen LogP contribution < -0.4 is 14.8 Å². The Balaban J connectivity index is 1.77. The van der Waals surface area contributed by atoms with E-state index in [-0.39, 0.29) is 29.7 Å². The summed E-state index contributed by atoms with van der Waals surface area (Å²) in [6.45, 7) is 2.39. The molecule has 2 fully saturated rings. The van der Waals surface area contributed by atoms with Crippen molar-refractivity contribution in [3.63, 3.8) is 0 Å². The molecule has 2 heterocycles. The maximum Gasteiger partial charge on any atom is 0.277 e. The van der Waals surface area contributed by atoms with E-state index in [0.717, 1.165) is 38.8 Å². The molecule has 0 unspecified atom stereocenters. The lowest BCUT2D eigenvalue weighted by Crippen LogP contribution is -2.53. The number of amides is 3. The molecule has 2 saturated heterocycles. The van der Waals surface area contributed by atoms with Crippen molar-refractivity contribution >= 4 is 27.9 Å². The second-order valence-electron chi connectivity index (χ2n) is 8.21. The number of carbonyl (C=O) groups excluding carboxylic acids is 3. The summed E-state index contributed by atoms with van der Waals surface area (Å²) in [4.78, 5) is 39.8. The average molecular weight is 446 g/mol. The molecule has 11 heteroatoms. The molecule has 1 spiro atoms. The van der Waals surface area contributed by atoms with Gasteiger partial charge in [0.05, 0.1) is 6.54 Å². The number of piperidine rings is 2. The highest BCUT2D eigenvalue weighted by molar-refractivity contribution is 7.87. The van der Waals surface area contributed by atoms with Crippen LogP contribution in [0, 0.1) is 5.41 Å². The third-order valence-corrected chi connectivity index (χ3v) is 7.26. The van der Waals surface area contributed by atoms with Gasteiger partial charge >= 0.3 is 0 Å². The fraction of sp³-hybridized carbons (Fsp3) is 0.842. The van der Waals surface area contributed by atoms with Crippen molar-refractivity contribution in [1.29, 1.82) is 0 Å². The van der Waals surface area contributed by atoms with Crippen molar-refractivity contribution in [3.8, 4) is 0 Å². The van der Waals surface area contributed by atoms with Crippen molar-refractivity contribution in [3.05, 3.63) is 0 Å². The molecule has 0 atom stereocenters. The van der Waals surface area contributed by atoms with Gasteiger partial charge in [-0.3, -0.25) is 14.4 Å². The Morgan fingerprint density at radius 3 is 2.20 bits per heavy atom. The number of hydrogen-bond donors (Lipinski definition) is 3. The first-order chi connectivity index (χ1) is 14.2. The van der Waals surface area contributed by atoms with Gasteiger partial charge in [-0.15, -0.1) is 0 Å². The molecule has 2 aliphatic heterocycles. The van der Waals surface area contributed by atoms with Crippen LogP contribution in [0.4, 0.5) is 0 Å². The molecule has 0 saturated carbocycles. The molecular formula is C19H35N5O5S. The van der Waals surface area contributed by atoms with Crippen LogP contribution in [0.15, 0.2) is 0 Å². The molecular weight excluding hydrogens is 410 g/mol. The van der Waals surface area contributed by atoms with E-state index in [4.69, 9.17) is 0 Å². The standard InChI is InChI=1S/C19H35N5O5S/c1-20-16(25)6-3-4-7-17(26)24-11-5-8-19(15-24)9-12-23(13-10-19)18(27)14-22-30(28,29)21-2/h21-22H,3-15H2,1-2H3,(H,20,25). The normalized spacial score (nSPS) is 19.0. The van der Waals surface area contributed by atoms with E-state index >= 15 is 0 Å². The molecule has 2 aliphatic rings. The van der Waals surface area contributed by atoms with Crippen molar-refractivity contribution in [2.45, 2.75) is 51.4 Å². The highest BCUT2D eigenvalue weighted by atomic mass is 32.2. The third kappa shape index (κ3) is 7.21. The number of hydrogen-bond acceptors (Lipinski definition) is 5. The predicted octanol–water partition coefficient (Wildman–Crippen LogP) is -0.422. The summed E-state index contributed by atoms with van der Waals surface area (Å²) in [5.74, 6) is -0.0890. The number of carbonyl (C=O) groups is 3. The van der Waals surface area contributed by atoms with Crippen LogP contribution in [-0.4, -0.2) is 82.8 Å². The Labute approximate surface area is 179 Å². The van der Waals surface area contributed by atoms with Gasteiger partial charge in [0.2, 0.25) is 17.7 Å². The number of rotatable bonds is 9. The van der Waals surface area contributed by atoms with Gasteiger partial charge in [0.15, 0.2) is 0 Å². The number of nitrogens with zero attached hydrogens (tertiary/aromatic N) is 2. The van der Waals surface area contributed by atoms with Crippen LogP contribution in [0.25, 0.3) is 0 Å². The van der Waals surface area contributed by atoms with Gasteiger partial charge in [0, 0.05) is 53.1 Å². The first kappa shape index (κ1) is 24.5. The van der Waals surface area contributed by atoms with Gasteiger partial charge in [-0.2, -0.15) is 13.1 Å². The topological polar surface area (TPSA) is 128 Å². The van der Waals surface area contributed by atoms with E-state index in [2.05, 4.69) is 14.8 Å². The van der Waals surface area contributed by atoms with Crippen LogP contribution in [-0.2, 0) is 24.6 Å². The molecule has 172 valence electrons. The highest BCUT2D eigenvalue weighted by Crippen LogP contribution is 2.40. The summed E-state index contributed by atoms with van der Waals surface area (Å²) < 4.78 is 27.2. The van der Waals surface area contributed by atoms with Crippen LogP contribution >= 0.6 is 0 Å². The zero-order chi connectivity index (χ0) is 22.2. The van der Waals surface area contributed by atoms with Gasteiger partial charge < -0.3 is 15.1 Å². The van der Waals surface area contributed by atoms with Crippen LogP contribution in [0.1, 0.15) is 51.4 Å². The summed E-state index contributed by atoms with van der Waals surface area (Å²) in [6.07, 6.45) is 5.96.